The minimum atomic E-state index is -0.698. The van der Waals surface area contributed by atoms with Gasteiger partial charge in [-0.15, -0.1) is 0 Å². The van der Waals surface area contributed by atoms with Crippen LogP contribution in [0.4, 0.5) is 0 Å². The fourth-order valence-electron chi connectivity index (χ4n) is 3.09. The number of carboxylic acids is 1. The van der Waals surface area contributed by atoms with Crippen LogP contribution in [-0.4, -0.2) is 59.1 Å². The number of carboxylic acid groups (broad SMARTS) is 1. The summed E-state index contributed by atoms with van der Waals surface area (Å²) in [7, 11) is 0. The third-order valence-electron chi connectivity index (χ3n) is 4.35. The third kappa shape index (κ3) is 3.19. The summed E-state index contributed by atoms with van der Waals surface area (Å²) >= 11 is 0. The van der Waals surface area contributed by atoms with Gasteiger partial charge in [-0.2, -0.15) is 0 Å². The minimum Gasteiger partial charge on any atom is -0.480 e. The second-order valence-electron chi connectivity index (χ2n) is 5.38. The number of hydrogen-bond donors (Lipinski definition) is 1. The summed E-state index contributed by atoms with van der Waals surface area (Å²) < 4.78 is 0. The summed E-state index contributed by atoms with van der Waals surface area (Å²) in [6.07, 6.45) is 6.82. The summed E-state index contributed by atoms with van der Waals surface area (Å²) in [5.41, 5.74) is 0. The average Bonchev–Trinajstić information content (AvgIpc) is 2.39. The van der Waals surface area contributed by atoms with Crippen LogP contribution in [0, 0.1) is 0 Å². The van der Waals surface area contributed by atoms with E-state index in [1.165, 1.54) is 32.1 Å². The summed E-state index contributed by atoms with van der Waals surface area (Å²) in [5.74, 6) is -0.698. The van der Waals surface area contributed by atoms with E-state index >= 15 is 0 Å². The predicted octanol–water partition coefficient (Wildman–Crippen LogP) is 1.41. The maximum absolute atomic E-state index is 10.9. The topological polar surface area (TPSA) is 43.8 Å². The van der Waals surface area contributed by atoms with E-state index in [1.807, 2.05) is 0 Å². The minimum absolute atomic E-state index is 0.330. The van der Waals surface area contributed by atoms with E-state index in [0.29, 0.717) is 0 Å². The molecular formula is C13H24N2O2. The van der Waals surface area contributed by atoms with Crippen LogP contribution >= 0.6 is 0 Å². The molecule has 0 aromatic rings. The molecule has 2 rings (SSSR count). The van der Waals surface area contributed by atoms with Crippen LogP contribution in [0.2, 0.25) is 0 Å². The van der Waals surface area contributed by atoms with Gasteiger partial charge in [0.25, 0.3) is 0 Å². The van der Waals surface area contributed by atoms with E-state index in [9.17, 15) is 4.79 Å². The molecule has 2 fully saturated rings. The number of nitrogens with zero attached hydrogens (tertiary/aromatic N) is 2. The number of piperazine rings is 1. The SMILES string of the molecule is C[C@@H](C(=O)O)N1CCN(C2CCCCC2)CC1. The highest BCUT2D eigenvalue weighted by Gasteiger charge is 2.28. The van der Waals surface area contributed by atoms with E-state index in [4.69, 9.17) is 5.11 Å². The van der Waals surface area contributed by atoms with Gasteiger partial charge in [-0.05, 0) is 19.8 Å². The lowest BCUT2D eigenvalue weighted by Crippen LogP contribution is -2.54. The molecule has 98 valence electrons. The lowest BCUT2D eigenvalue weighted by molar-refractivity contribution is -0.143. The molecule has 1 aliphatic heterocycles. The predicted molar refractivity (Wildman–Crippen MR) is 67.1 cm³/mol. The van der Waals surface area contributed by atoms with E-state index in [1.54, 1.807) is 6.92 Å². The first-order valence-electron chi connectivity index (χ1n) is 6.89. The standard InChI is InChI=1S/C13H24N2O2/c1-11(13(16)17)14-7-9-15(10-8-14)12-5-3-2-4-6-12/h11-12H,2-10H2,1H3,(H,16,17)/t11-/m0/s1. The van der Waals surface area contributed by atoms with Crippen LogP contribution < -0.4 is 0 Å². The van der Waals surface area contributed by atoms with E-state index in [2.05, 4.69) is 9.80 Å². The molecule has 0 amide bonds. The number of rotatable bonds is 3. The van der Waals surface area contributed by atoms with Crippen LogP contribution in [0.1, 0.15) is 39.0 Å². The van der Waals surface area contributed by atoms with Crippen molar-refractivity contribution in [1.29, 1.82) is 0 Å². The molecule has 1 N–H and O–H groups in total. The van der Waals surface area contributed by atoms with Gasteiger partial charge in [-0.25, -0.2) is 0 Å². The molecule has 0 bridgehead atoms. The van der Waals surface area contributed by atoms with Crippen molar-refractivity contribution in [3.8, 4) is 0 Å². The van der Waals surface area contributed by atoms with Crippen molar-refractivity contribution in [3.05, 3.63) is 0 Å². The summed E-state index contributed by atoms with van der Waals surface area (Å²) in [4.78, 5) is 15.6. The number of aliphatic carboxylic acids is 1. The van der Waals surface area contributed by atoms with Crippen molar-refractivity contribution in [2.75, 3.05) is 26.2 Å². The first-order valence-corrected chi connectivity index (χ1v) is 6.89. The largest absolute Gasteiger partial charge is 0.480 e. The Labute approximate surface area is 104 Å². The lowest BCUT2D eigenvalue weighted by atomic mass is 9.94. The number of hydrogen-bond acceptors (Lipinski definition) is 3. The van der Waals surface area contributed by atoms with Gasteiger partial charge in [0.1, 0.15) is 6.04 Å². The average molecular weight is 240 g/mol. The quantitative estimate of drug-likeness (QED) is 0.810. The van der Waals surface area contributed by atoms with Crippen LogP contribution in [0.5, 0.6) is 0 Å². The maximum Gasteiger partial charge on any atom is 0.320 e. The fraction of sp³-hybridized carbons (Fsp3) is 0.923. The van der Waals surface area contributed by atoms with E-state index < -0.39 is 5.97 Å². The molecule has 17 heavy (non-hydrogen) atoms. The van der Waals surface area contributed by atoms with E-state index in [0.717, 1.165) is 32.2 Å². The zero-order valence-corrected chi connectivity index (χ0v) is 10.8. The molecule has 0 radical (unpaired) electrons. The Morgan fingerprint density at radius 2 is 1.71 bits per heavy atom. The van der Waals surface area contributed by atoms with Gasteiger partial charge >= 0.3 is 5.97 Å². The van der Waals surface area contributed by atoms with Crippen LogP contribution in [-0.2, 0) is 4.79 Å². The second-order valence-corrected chi connectivity index (χ2v) is 5.38. The smallest absolute Gasteiger partial charge is 0.320 e. The first-order chi connectivity index (χ1) is 8.18. The molecule has 4 heteroatoms. The van der Waals surface area contributed by atoms with Gasteiger partial charge in [0.15, 0.2) is 0 Å². The molecule has 1 saturated heterocycles. The van der Waals surface area contributed by atoms with Crippen LogP contribution in [0.3, 0.4) is 0 Å². The van der Waals surface area contributed by atoms with Crippen molar-refractivity contribution in [2.24, 2.45) is 0 Å². The summed E-state index contributed by atoms with van der Waals surface area (Å²) in [6.45, 7) is 5.69. The third-order valence-corrected chi connectivity index (χ3v) is 4.35. The monoisotopic (exact) mass is 240 g/mol. The molecule has 4 nitrogen and oxygen atoms in total. The number of carbonyl (C=O) groups is 1. The maximum atomic E-state index is 10.9. The highest BCUT2D eigenvalue weighted by molar-refractivity contribution is 5.72. The first kappa shape index (κ1) is 12.8. The Kier molecular flexibility index (Phi) is 4.40. The van der Waals surface area contributed by atoms with Crippen molar-refractivity contribution < 1.29 is 9.90 Å². The van der Waals surface area contributed by atoms with Gasteiger partial charge in [0.05, 0.1) is 0 Å². The van der Waals surface area contributed by atoms with Gasteiger partial charge in [-0.3, -0.25) is 14.6 Å². The van der Waals surface area contributed by atoms with Gasteiger partial charge in [-0.1, -0.05) is 19.3 Å². The second kappa shape index (κ2) is 5.83. The van der Waals surface area contributed by atoms with Crippen molar-refractivity contribution in [1.82, 2.24) is 9.80 Å². The van der Waals surface area contributed by atoms with Gasteiger partial charge in [0.2, 0.25) is 0 Å². The van der Waals surface area contributed by atoms with Gasteiger partial charge in [0, 0.05) is 32.2 Å². The Morgan fingerprint density at radius 1 is 1.12 bits per heavy atom. The summed E-state index contributed by atoms with van der Waals surface area (Å²) in [6, 6.07) is 0.439. The van der Waals surface area contributed by atoms with Crippen molar-refractivity contribution >= 4 is 5.97 Å². The Balaban J connectivity index is 1.79. The molecule has 2 aliphatic rings. The highest BCUT2D eigenvalue weighted by atomic mass is 16.4. The van der Waals surface area contributed by atoms with Crippen molar-refractivity contribution in [3.63, 3.8) is 0 Å². The zero-order chi connectivity index (χ0) is 12.3. The molecule has 0 aromatic carbocycles. The zero-order valence-electron chi connectivity index (χ0n) is 10.8. The molecule has 1 saturated carbocycles. The molecule has 1 aliphatic carbocycles. The normalized spacial score (nSPS) is 26.9. The lowest BCUT2D eigenvalue weighted by Gasteiger charge is -2.41. The molecular weight excluding hydrogens is 216 g/mol. The van der Waals surface area contributed by atoms with Crippen LogP contribution in [0.25, 0.3) is 0 Å². The Bertz CT molecular complexity index is 256. The van der Waals surface area contributed by atoms with Crippen LogP contribution in [0.15, 0.2) is 0 Å². The highest BCUT2D eigenvalue weighted by Crippen LogP contribution is 2.23. The van der Waals surface area contributed by atoms with Crippen molar-refractivity contribution in [2.45, 2.75) is 51.1 Å². The molecule has 0 spiro atoms. The molecule has 0 unspecified atom stereocenters. The fourth-order valence-corrected chi connectivity index (χ4v) is 3.09. The summed E-state index contributed by atoms with van der Waals surface area (Å²) in [5, 5.41) is 8.99. The molecule has 0 aromatic heterocycles. The Morgan fingerprint density at radius 3 is 2.24 bits per heavy atom. The molecule has 1 heterocycles. The van der Waals surface area contributed by atoms with Gasteiger partial charge < -0.3 is 5.11 Å². The molecule has 1 atom stereocenters. The van der Waals surface area contributed by atoms with E-state index in [-0.39, 0.29) is 6.04 Å². The Hall–Kier alpha value is -0.610.